The molecular weight excluding hydrogens is 292 g/mol. The van der Waals surface area contributed by atoms with Crippen LogP contribution in [0, 0.1) is 0 Å². The topological polar surface area (TPSA) is 66.9 Å². The first kappa shape index (κ1) is 17.5. The van der Waals surface area contributed by atoms with Gasteiger partial charge >= 0.3 is 16.2 Å². The smallest absolute Gasteiger partial charge is 0.340 e. The summed E-state index contributed by atoms with van der Waals surface area (Å²) >= 11 is 0. The Morgan fingerprint density at radius 1 is 1.24 bits per heavy atom. The Morgan fingerprint density at radius 2 is 1.86 bits per heavy atom. The van der Waals surface area contributed by atoms with Crippen molar-refractivity contribution in [1.82, 2.24) is 4.31 Å². The summed E-state index contributed by atoms with van der Waals surface area (Å²) in [6.07, 6.45) is 1.69. The molecule has 7 heteroatoms. The highest BCUT2D eigenvalue weighted by molar-refractivity contribution is 7.90. The number of esters is 1. The van der Waals surface area contributed by atoms with Gasteiger partial charge in [0.2, 0.25) is 0 Å². The molecule has 0 fully saturated rings. The summed E-state index contributed by atoms with van der Waals surface area (Å²) in [7, 11) is 0.555. The molecule has 1 aromatic rings. The first-order valence-corrected chi connectivity index (χ1v) is 8.13. The molecule has 0 heterocycles. The van der Waals surface area contributed by atoms with E-state index in [4.69, 9.17) is 4.74 Å². The van der Waals surface area contributed by atoms with Gasteiger partial charge in [0.05, 0.1) is 18.4 Å². The van der Waals surface area contributed by atoms with Crippen LogP contribution in [0.15, 0.2) is 24.3 Å². The standard InChI is InChI=1S/C14H22N2O4S/c1-5-6-11-15(2)21(18,19)16(3)13-10-8-7-9-12(13)14(17)20-4/h7-10H,5-6,11H2,1-4H3. The van der Waals surface area contributed by atoms with Crippen LogP contribution in [0.2, 0.25) is 0 Å². The SMILES string of the molecule is CCCCN(C)S(=O)(=O)N(C)c1ccccc1C(=O)OC. The van der Waals surface area contributed by atoms with Crippen LogP contribution < -0.4 is 4.31 Å². The number of methoxy groups -OCH3 is 1. The summed E-state index contributed by atoms with van der Waals surface area (Å²) < 4.78 is 32.1. The zero-order valence-electron chi connectivity index (χ0n) is 12.9. The molecule has 0 aliphatic heterocycles. The van der Waals surface area contributed by atoms with E-state index in [-0.39, 0.29) is 5.56 Å². The molecule has 6 nitrogen and oxygen atoms in total. The van der Waals surface area contributed by atoms with Gasteiger partial charge in [-0.1, -0.05) is 25.5 Å². The Labute approximate surface area is 126 Å². The normalized spacial score (nSPS) is 11.5. The number of hydrogen-bond acceptors (Lipinski definition) is 4. The molecular formula is C14H22N2O4S. The second-order valence-corrected chi connectivity index (χ2v) is 6.73. The third-order valence-electron chi connectivity index (χ3n) is 3.22. The van der Waals surface area contributed by atoms with E-state index in [1.54, 1.807) is 24.3 Å². The maximum Gasteiger partial charge on any atom is 0.340 e. The zero-order chi connectivity index (χ0) is 16.0. The van der Waals surface area contributed by atoms with Gasteiger partial charge in [0.15, 0.2) is 0 Å². The maximum atomic E-state index is 12.5. The van der Waals surface area contributed by atoms with E-state index in [2.05, 4.69) is 0 Å². The van der Waals surface area contributed by atoms with Crippen LogP contribution in [0.5, 0.6) is 0 Å². The van der Waals surface area contributed by atoms with Crippen LogP contribution in [-0.4, -0.2) is 46.4 Å². The van der Waals surface area contributed by atoms with Gasteiger partial charge in [-0.2, -0.15) is 12.7 Å². The number of para-hydroxylation sites is 1. The average Bonchev–Trinajstić information content (AvgIpc) is 2.50. The number of rotatable bonds is 7. The second-order valence-electron chi connectivity index (χ2n) is 4.66. The van der Waals surface area contributed by atoms with Crippen LogP contribution >= 0.6 is 0 Å². The van der Waals surface area contributed by atoms with E-state index < -0.39 is 16.2 Å². The van der Waals surface area contributed by atoms with Gasteiger partial charge in [-0.3, -0.25) is 4.31 Å². The predicted molar refractivity (Wildman–Crippen MR) is 82.6 cm³/mol. The molecule has 0 aliphatic rings. The number of benzene rings is 1. The lowest BCUT2D eigenvalue weighted by Gasteiger charge is -2.26. The Morgan fingerprint density at radius 3 is 2.43 bits per heavy atom. The molecule has 0 unspecified atom stereocenters. The summed E-state index contributed by atoms with van der Waals surface area (Å²) in [6, 6.07) is 6.47. The van der Waals surface area contributed by atoms with Crippen molar-refractivity contribution in [3.05, 3.63) is 29.8 Å². The summed E-state index contributed by atoms with van der Waals surface area (Å²) in [5.41, 5.74) is 0.516. The van der Waals surface area contributed by atoms with Crippen molar-refractivity contribution < 1.29 is 17.9 Å². The zero-order valence-corrected chi connectivity index (χ0v) is 13.7. The fourth-order valence-electron chi connectivity index (χ4n) is 1.86. The van der Waals surface area contributed by atoms with Crippen molar-refractivity contribution in [2.45, 2.75) is 19.8 Å². The molecule has 0 atom stereocenters. The van der Waals surface area contributed by atoms with Gasteiger partial charge in [-0.25, -0.2) is 4.79 Å². The lowest BCUT2D eigenvalue weighted by molar-refractivity contribution is 0.0601. The minimum absolute atomic E-state index is 0.218. The third kappa shape index (κ3) is 3.95. The van der Waals surface area contributed by atoms with E-state index in [0.29, 0.717) is 12.2 Å². The van der Waals surface area contributed by atoms with Crippen molar-refractivity contribution >= 4 is 21.9 Å². The molecule has 0 aliphatic carbocycles. The molecule has 21 heavy (non-hydrogen) atoms. The van der Waals surface area contributed by atoms with E-state index >= 15 is 0 Å². The number of anilines is 1. The first-order valence-electron chi connectivity index (χ1n) is 6.73. The van der Waals surface area contributed by atoms with Gasteiger partial charge in [0.25, 0.3) is 0 Å². The van der Waals surface area contributed by atoms with Gasteiger partial charge in [-0.05, 0) is 18.6 Å². The van der Waals surface area contributed by atoms with E-state index in [0.717, 1.165) is 17.1 Å². The lowest BCUT2D eigenvalue weighted by atomic mass is 10.2. The Bertz CT molecular complexity index is 586. The molecule has 0 saturated carbocycles. The largest absolute Gasteiger partial charge is 0.465 e. The van der Waals surface area contributed by atoms with Gasteiger partial charge in [0.1, 0.15) is 0 Å². The molecule has 0 aromatic heterocycles. The maximum absolute atomic E-state index is 12.5. The molecule has 0 amide bonds. The molecule has 118 valence electrons. The average molecular weight is 314 g/mol. The summed E-state index contributed by atoms with van der Waals surface area (Å²) in [5, 5.41) is 0. The molecule has 0 saturated heterocycles. The fourth-order valence-corrected chi connectivity index (χ4v) is 3.05. The number of carbonyl (C=O) groups is 1. The van der Waals surface area contributed by atoms with E-state index in [1.807, 2.05) is 6.92 Å². The third-order valence-corrected chi connectivity index (χ3v) is 5.07. The quantitative estimate of drug-likeness (QED) is 0.721. The van der Waals surface area contributed by atoms with Crippen molar-refractivity contribution in [2.24, 2.45) is 0 Å². The Kier molecular flexibility index (Phi) is 6.17. The highest BCUT2D eigenvalue weighted by atomic mass is 32.2. The minimum Gasteiger partial charge on any atom is -0.465 e. The summed E-state index contributed by atoms with van der Waals surface area (Å²) in [5.74, 6) is -0.566. The second kappa shape index (κ2) is 7.42. The number of carbonyl (C=O) groups excluding carboxylic acids is 1. The molecule has 0 radical (unpaired) electrons. The predicted octanol–water partition coefficient (Wildman–Crippen LogP) is 1.89. The van der Waals surface area contributed by atoms with Gasteiger partial charge < -0.3 is 4.74 Å². The van der Waals surface area contributed by atoms with Crippen LogP contribution in [-0.2, 0) is 14.9 Å². The van der Waals surface area contributed by atoms with Crippen molar-refractivity contribution in [2.75, 3.05) is 32.1 Å². The van der Waals surface area contributed by atoms with Crippen molar-refractivity contribution in [3.63, 3.8) is 0 Å². The van der Waals surface area contributed by atoms with Crippen LogP contribution in [0.4, 0.5) is 5.69 Å². The molecule has 1 aromatic carbocycles. The number of hydrogen-bond donors (Lipinski definition) is 0. The summed E-state index contributed by atoms with van der Waals surface area (Å²) in [6.45, 7) is 2.43. The molecule has 0 spiro atoms. The first-order chi connectivity index (χ1) is 9.86. The Balaban J connectivity index is 3.13. The molecule has 1 rings (SSSR count). The van der Waals surface area contributed by atoms with Gasteiger partial charge in [0, 0.05) is 20.6 Å². The van der Waals surface area contributed by atoms with Crippen LogP contribution in [0.3, 0.4) is 0 Å². The van der Waals surface area contributed by atoms with Gasteiger partial charge in [-0.15, -0.1) is 0 Å². The van der Waals surface area contributed by atoms with E-state index in [9.17, 15) is 13.2 Å². The Hall–Kier alpha value is -1.60. The highest BCUT2D eigenvalue weighted by Gasteiger charge is 2.26. The number of ether oxygens (including phenoxy) is 1. The molecule has 0 bridgehead atoms. The van der Waals surface area contributed by atoms with Crippen molar-refractivity contribution in [3.8, 4) is 0 Å². The van der Waals surface area contributed by atoms with Crippen molar-refractivity contribution in [1.29, 1.82) is 0 Å². The lowest BCUT2D eigenvalue weighted by Crippen LogP contribution is -2.40. The van der Waals surface area contributed by atoms with Crippen LogP contribution in [0.25, 0.3) is 0 Å². The van der Waals surface area contributed by atoms with Crippen LogP contribution in [0.1, 0.15) is 30.1 Å². The monoisotopic (exact) mass is 314 g/mol. The number of unbranched alkanes of at least 4 members (excludes halogenated alkanes) is 1. The summed E-state index contributed by atoms with van der Waals surface area (Å²) in [4.78, 5) is 11.8. The molecule has 0 N–H and O–H groups in total. The fraction of sp³-hybridized carbons (Fsp3) is 0.500. The highest BCUT2D eigenvalue weighted by Crippen LogP contribution is 2.23. The number of nitrogens with zero attached hydrogens (tertiary/aromatic N) is 2. The van der Waals surface area contributed by atoms with E-state index in [1.165, 1.54) is 25.5 Å². The minimum atomic E-state index is -3.67.